The summed E-state index contributed by atoms with van der Waals surface area (Å²) in [6.45, 7) is 7.61. The van der Waals surface area contributed by atoms with E-state index in [9.17, 15) is 4.79 Å². The molecule has 0 aromatic heterocycles. The normalized spacial score (nSPS) is 18.0. The van der Waals surface area contributed by atoms with Crippen molar-refractivity contribution in [1.82, 2.24) is 10.2 Å². The minimum absolute atomic E-state index is 0.183. The third-order valence-electron chi connectivity index (χ3n) is 5.42. The van der Waals surface area contributed by atoms with Crippen LogP contribution in [0.1, 0.15) is 50.8 Å². The Morgan fingerprint density at radius 2 is 1.48 bits per heavy atom. The lowest BCUT2D eigenvalue weighted by atomic mass is 9.98. The van der Waals surface area contributed by atoms with Gasteiger partial charge in [-0.25, -0.2) is 4.79 Å². The van der Waals surface area contributed by atoms with Gasteiger partial charge in [0.25, 0.3) is 0 Å². The Bertz CT molecular complexity index is 787. The molecule has 1 aliphatic carbocycles. The van der Waals surface area contributed by atoms with Gasteiger partial charge < -0.3 is 10.1 Å². The van der Waals surface area contributed by atoms with E-state index < -0.39 is 5.60 Å². The van der Waals surface area contributed by atoms with Crippen LogP contribution in [0, 0.1) is 0 Å². The van der Waals surface area contributed by atoms with Gasteiger partial charge in [-0.2, -0.15) is 0 Å². The smallest absolute Gasteiger partial charge is 0.407 e. The first-order chi connectivity index (χ1) is 12.9. The molecule has 1 amide bonds. The van der Waals surface area contributed by atoms with Gasteiger partial charge in [0, 0.05) is 19.1 Å². The van der Waals surface area contributed by atoms with Crippen molar-refractivity contribution in [2.75, 3.05) is 13.1 Å². The summed E-state index contributed by atoms with van der Waals surface area (Å²) >= 11 is 0. The summed E-state index contributed by atoms with van der Waals surface area (Å²) in [5.41, 5.74) is 5.05. The van der Waals surface area contributed by atoms with Crippen molar-refractivity contribution in [2.24, 2.45) is 0 Å². The quantitative estimate of drug-likeness (QED) is 0.836. The highest BCUT2D eigenvalue weighted by molar-refractivity contribution is 5.78. The van der Waals surface area contributed by atoms with Gasteiger partial charge in [0.15, 0.2) is 0 Å². The molecule has 0 bridgehead atoms. The molecule has 2 aromatic carbocycles. The summed E-state index contributed by atoms with van der Waals surface area (Å²) in [4.78, 5) is 14.6. The molecule has 0 atom stereocenters. The molecule has 27 heavy (non-hydrogen) atoms. The van der Waals surface area contributed by atoms with E-state index >= 15 is 0 Å². The first-order valence-electron chi connectivity index (χ1n) is 9.84. The average molecular weight is 364 g/mol. The number of likely N-dealkylation sites (tertiary alicyclic amines) is 1. The minimum atomic E-state index is -0.456. The summed E-state index contributed by atoms with van der Waals surface area (Å²) in [6, 6.07) is 18.0. The summed E-state index contributed by atoms with van der Waals surface area (Å²) in [6.07, 6.45) is 1.58. The molecule has 4 rings (SSSR count). The number of piperidine rings is 1. The Labute approximate surface area is 161 Å². The van der Waals surface area contributed by atoms with Crippen molar-refractivity contribution in [1.29, 1.82) is 0 Å². The van der Waals surface area contributed by atoms with Crippen LogP contribution in [-0.4, -0.2) is 35.7 Å². The van der Waals surface area contributed by atoms with Crippen LogP contribution < -0.4 is 5.32 Å². The van der Waals surface area contributed by atoms with E-state index in [0.717, 1.165) is 25.9 Å². The van der Waals surface area contributed by atoms with E-state index in [1.165, 1.54) is 22.3 Å². The number of amides is 1. The molecule has 4 heteroatoms. The van der Waals surface area contributed by atoms with E-state index in [1.54, 1.807) is 0 Å². The van der Waals surface area contributed by atoms with Crippen molar-refractivity contribution in [3.63, 3.8) is 0 Å². The Morgan fingerprint density at radius 3 is 2.00 bits per heavy atom. The SMILES string of the molecule is CC(C)(C)OC(=O)NC1CCN(C2c3ccccc3-c3ccccc32)CC1. The molecule has 1 fully saturated rings. The fourth-order valence-electron chi connectivity index (χ4n) is 4.30. The summed E-state index contributed by atoms with van der Waals surface area (Å²) in [5.74, 6) is 0. The minimum Gasteiger partial charge on any atom is -0.444 e. The van der Waals surface area contributed by atoms with Gasteiger partial charge in [-0.05, 0) is 55.9 Å². The Kier molecular flexibility index (Phi) is 4.68. The lowest BCUT2D eigenvalue weighted by Crippen LogP contribution is -2.46. The molecule has 1 heterocycles. The maximum absolute atomic E-state index is 12.0. The highest BCUT2D eigenvalue weighted by Gasteiger charge is 2.34. The molecule has 1 N–H and O–H groups in total. The second kappa shape index (κ2) is 7.01. The van der Waals surface area contributed by atoms with E-state index in [0.29, 0.717) is 6.04 Å². The number of alkyl carbamates (subject to hydrolysis) is 1. The summed E-state index contributed by atoms with van der Waals surface area (Å²) < 4.78 is 5.40. The van der Waals surface area contributed by atoms with Gasteiger partial charge in [0.1, 0.15) is 5.60 Å². The van der Waals surface area contributed by atoms with E-state index in [-0.39, 0.29) is 12.1 Å². The number of hydrogen-bond donors (Lipinski definition) is 1. The number of carbonyl (C=O) groups excluding carboxylic acids is 1. The van der Waals surface area contributed by atoms with Crippen molar-refractivity contribution in [2.45, 2.75) is 51.3 Å². The zero-order chi connectivity index (χ0) is 19.0. The van der Waals surface area contributed by atoms with Gasteiger partial charge in [-0.15, -0.1) is 0 Å². The molecular formula is C23H28N2O2. The molecule has 0 radical (unpaired) electrons. The Hall–Kier alpha value is -2.33. The number of benzene rings is 2. The third-order valence-corrected chi connectivity index (χ3v) is 5.42. The standard InChI is InChI=1S/C23H28N2O2/c1-23(2,3)27-22(26)24-16-12-14-25(15-13-16)21-19-10-6-4-8-17(19)18-9-5-7-11-20(18)21/h4-11,16,21H,12-15H2,1-3H3,(H,24,26). The van der Waals surface area contributed by atoms with Crippen LogP contribution in [0.5, 0.6) is 0 Å². The Morgan fingerprint density at radius 1 is 0.963 bits per heavy atom. The summed E-state index contributed by atoms with van der Waals surface area (Å²) in [7, 11) is 0. The number of hydrogen-bond acceptors (Lipinski definition) is 3. The highest BCUT2D eigenvalue weighted by atomic mass is 16.6. The van der Waals surface area contributed by atoms with E-state index in [2.05, 4.69) is 58.7 Å². The van der Waals surface area contributed by atoms with Gasteiger partial charge >= 0.3 is 6.09 Å². The molecule has 142 valence electrons. The largest absolute Gasteiger partial charge is 0.444 e. The van der Waals surface area contributed by atoms with Crippen LogP contribution in [0.4, 0.5) is 4.79 Å². The van der Waals surface area contributed by atoms with Crippen molar-refractivity contribution >= 4 is 6.09 Å². The molecule has 0 unspecified atom stereocenters. The predicted molar refractivity (Wildman–Crippen MR) is 108 cm³/mol. The summed E-state index contributed by atoms with van der Waals surface area (Å²) in [5, 5.41) is 3.04. The number of carbonyl (C=O) groups is 1. The zero-order valence-corrected chi connectivity index (χ0v) is 16.4. The highest BCUT2D eigenvalue weighted by Crippen LogP contribution is 2.46. The molecule has 0 saturated carbocycles. The van der Waals surface area contributed by atoms with Crippen molar-refractivity contribution < 1.29 is 9.53 Å². The average Bonchev–Trinajstić information content (AvgIpc) is 2.95. The number of nitrogens with one attached hydrogen (secondary N) is 1. The van der Waals surface area contributed by atoms with Gasteiger partial charge in [0.05, 0.1) is 6.04 Å². The number of fused-ring (bicyclic) bond motifs is 3. The molecule has 1 saturated heterocycles. The fraction of sp³-hybridized carbons (Fsp3) is 0.435. The number of rotatable bonds is 2. The molecule has 4 nitrogen and oxygen atoms in total. The lowest BCUT2D eigenvalue weighted by molar-refractivity contribution is 0.0473. The van der Waals surface area contributed by atoms with Gasteiger partial charge in [0.2, 0.25) is 0 Å². The molecule has 2 aliphatic rings. The molecule has 2 aromatic rings. The second-order valence-electron chi connectivity index (χ2n) is 8.53. The van der Waals surface area contributed by atoms with Crippen LogP contribution in [-0.2, 0) is 4.74 Å². The van der Waals surface area contributed by atoms with Crippen molar-refractivity contribution in [3.8, 4) is 11.1 Å². The number of nitrogens with zero attached hydrogens (tertiary/aromatic N) is 1. The lowest BCUT2D eigenvalue weighted by Gasteiger charge is -2.37. The van der Waals surface area contributed by atoms with Crippen LogP contribution in [0.25, 0.3) is 11.1 Å². The first-order valence-corrected chi connectivity index (χ1v) is 9.84. The fourth-order valence-corrected chi connectivity index (χ4v) is 4.30. The van der Waals surface area contributed by atoms with Crippen LogP contribution in [0.2, 0.25) is 0 Å². The molecular weight excluding hydrogens is 336 g/mol. The van der Waals surface area contributed by atoms with Gasteiger partial charge in [-0.3, -0.25) is 4.90 Å². The zero-order valence-electron chi connectivity index (χ0n) is 16.4. The number of ether oxygens (including phenoxy) is 1. The third kappa shape index (κ3) is 3.72. The maximum Gasteiger partial charge on any atom is 0.407 e. The maximum atomic E-state index is 12.0. The Balaban J connectivity index is 1.45. The van der Waals surface area contributed by atoms with E-state index in [4.69, 9.17) is 4.74 Å². The topological polar surface area (TPSA) is 41.6 Å². The van der Waals surface area contributed by atoms with Gasteiger partial charge in [-0.1, -0.05) is 48.5 Å². The monoisotopic (exact) mass is 364 g/mol. The van der Waals surface area contributed by atoms with E-state index in [1.807, 2.05) is 20.8 Å². The second-order valence-corrected chi connectivity index (χ2v) is 8.53. The first kappa shape index (κ1) is 18.1. The van der Waals surface area contributed by atoms with Crippen LogP contribution in [0.15, 0.2) is 48.5 Å². The van der Waals surface area contributed by atoms with Crippen LogP contribution >= 0.6 is 0 Å². The predicted octanol–water partition coefficient (Wildman–Crippen LogP) is 4.75. The van der Waals surface area contributed by atoms with Crippen LogP contribution in [0.3, 0.4) is 0 Å². The molecule has 0 spiro atoms. The molecule has 1 aliphatic heterocycles. The van der Waals surface area contributed by atoms with Crippen molar-refractivity contribution in [3.05, 3.63) is 59.7 Å².